The van der Waals surface area contributed by atoms with E-state index in [4.69, 9.17) is 4.74 Å². The standard InChI is InChI=1S/C16H18F2N2O/c1-10(2)19-8-12-9-20-11(3)6-16(12)21-13-4-5-14(17)15(18)7-13/h4-7,9-10,19H,8H2,1-3H3. The molecule has 0 fully saturated rings. The third kappa shape index (κ3) is 4.23. The minimum atomic E-state index is -0.930. The summed E-state index contributed by atoms with van der Waals surface area (Å²) in [5, 5.41) is 3.27. The number of rotatable bonds is 5. The van der Waals surface area contributed by atoms with Crippen molar-refractivity contribution in [3.8, 4) is 11.5 Å². The lowest BCUT2D eigenvalue weighted by Crippen LogP contribution is -2.22. The second-order valence-electron chi connectivity index (χ2n) is 5.15. The van der Waals surface area contributed by atoms with Crippen LogP contribution in [0.15, 0.2) is 30.5 Å². The van der Waals surface area contributed by atoms with Gasteiger partial charge in [-0.3, -0.25) is 4.98 Å². The number of nitrogens with one attached hydrogen (secondary N) is 1. The van der Waals surface area contributed by atoms with Crippen LogP contribution in [-0.2, 0) is 6.54 Å². The van der Waals surface area contributed by atoms with E-state index >= 15 is 0 Å². The number of benzene rings is 1. The van der Waals surface area contributed by atoms with Crippen molar-refractivity contribution in [1.29, 1.82) is 0 Å². The molecule has 0 aliphatic heterocycles. The summed E-state index contributed by atoms with van der Waals surface area (Å²) in [6.45, 7) is 6.51. The van der Waals surface area contributed by atoms with Crippen LogP contribution in [0, 0.1) is 18.6 Å². The molecule has 21 heavy (non-hydrogen) atoms. The second-order valence-corrected chi connectivity index (χ2v) is 5.15. The van der Waals surface area contributed by atoms with Crippen LogP contribution >= 0.6 is 0 Å². The third-order valence-corrected chi connectivity index (χ3v) is 2.90. The Kier molecular flexibility index (Phi) is 4.85. The number of nitrogens with zero attached hydrogens (tertiary/aromatic N) is 1. The van der Waals surface area contributed by atoms with E-state index < -0.39 is 11.6 Å². The molecule has 1 aromatic carbocycles. The fraction of sp³-hybridized carbons (Fsp3) is 0.312. The Labute approximate surface area is 123 Å². The normalized spacial score (nSPS) is 11.0. The van der Waals surface area contributed by atoms with Crippen molar-refractivity contribution in [2.24, 2.45) is 0 Å². The molecular formula is C16H18F2N2O. The first-order valence-electron chi connectivity index (χ1n) is 6.77. The van der Waals surface area contributed by atoms with Gasteiger partial charge in [-0.25, -0.2) is 8.78 Å². The third-order valence-electron chi connectivity index (χ3n) is 2.90. The maximum absolute atomic E-state index is 13.2. The van der Waals surface area contributed by atoms with E-state index in [2.05, 4.69) is 10.3 Å². The molecule has 0 bridgehead atoms. The van der Waals surface area contributed by atoms with Crippen LogP contribution in [0.1, 0.15) is 25.1 Å². The molecule has 0 radical (unpaired) electrons. The summed E-state index contributed by atoms with van der Waals surface area (Å²) in [6.07, 6.45) is 1.72. The van der Waals surface area contributed by atoms with E-state index in [1.54, 1.807) is 12.3 Å². The Morgan fingerprint density at radius 1 is 1.19 bits per heavy atom. The van der Waals surface area contributed by atoms with E-state index in [1.165, 1.54) is 6.07 Å². The predicted octanol–water partition coefficient (Wildman–Crippen LogP) is 3.96. The number of pyridine rings is 1. The Morgan fingerprint density at radius 3 is 2.62 bits per heavy atom. The Balaban J connectivity index is 2.24. The number of aromatic nitrogens is 1. The highest BCUT2D eigenvalue weighted by molar-refractivity contribution is 5.37. The molecule has 5 heteroatoms. The Hall–Kier alpha value is -2.01. The minimum absolute atomic E-state index is 0.255. The van der Waals surface area contributed by atoms with Crippen molar-refractivity contribution < 1.29 is 13.5 Å². The van der Waals surface area contributed by atoms with Gasteiger partial charge in [-0.05, 0) is 19.1 Å². The lowest BCUT2D eigenvalue weighted by molar-refractivity contribution is 0.452. The molecule has 0 aliphatic carbocycles. The number of hydrogen-bond acceptors (Lipinski definition) is 3. The molecule has 112 valence electrons. The molecule has 0 saturated heterocycles. The zero-order valence-electron chi connectivity index (χ0n) is 12.3. The lowest BCUT2D eigenvalue weighted by atomic mass is 10.2. The number of ether oxygens (including phenoxy) is 1. The van der Waals surface area contributed by atoms with E-state index in [0.29, 0.717) is 18.3 Å². The molecule has 1 heterocycles. The zero-order valence-corrected chi connectivity index (χ0v) is 12.3. The molecule has 2 rings (SSSR count). The molecule has 0 aliphatic rings. The molecule has 2 aromatic rings. The van der Waals surface area contributed by atoms with Crippen LogP contribution in [-0.4, -0.2) is 11.0 Å². The maximum Gasteiger partial charge on any atom is 0.162 e. The number of aryl methyl sites for hydroxylation is 1. The molecule has 1 N–H and O–H groups in total. The molecule has 1 aromatic heterocycles. The minimum Gasteiger partial charge on any atom is -0.457 e. The van der Waals surface area contributed by atoms with Gasteiger partial charge in [0.25, 0.3) is 0 Å². The van der Waals surface area contributed by atoms with E-state index in [0.717, 1.165) is 23.4 Å². The van der Waals surface area contributed by atoms with Gasteiger partial charge < -0.3 is 10.1 Å². The highest BCUT2D eigenvalue weighted by Crippen LogP contribution is 2.26. The second kappa shape index (κ2) is 6.63. The maximum atomic E-state index is 13.2. The van der Waals surface area contributed by atoms with Crippen molar-refractivity contribution >= 4 is 0 Å². The van der Waals surface area contributed by atoms with E-state index in [9.17, 15) is 8.78 Å². The van der Waals surface area contributed by atoms with Crippen molar-refractivity contribution in [2.45, 2.75) is 33.4 Å². The van der Waals surface area contributed by atoms with Crippen LogP contribution in [0.25, 0.3) is 0 Å². The highest BCUT2D eigenvalue weighted by atomic mass is 19.2. The Bertz CT molecular complexity index is 630. The van der Waals surface area contributed by atoms with E-state index in [-0.39, 0.29) is 5.75 Å². The highest BCUT2D eigenvalue weighted by Gasteiger charge is 2.09. The average molecular weight is 292 g/mol. The summed E-state index contributed by atoms with van der Waals surface area (Å²) in [4.78, 5) is 4.24. The van der Waals surface area contributed by atoms with Gasteiger partial charge in [0, 0.05) is 42.2 Å². The van der Waals surface area contributed by atoms with E-state index in [1.807, 2.05) is 20.8 Å². The monoisotopic (exact) mass is 292 g/mol. The first kappa shape index (κ1) is 15.4. The summed E-state index contributed by atoms with van der Waals surface area (Å²) < 4.78 is 31.8. The van der Waals surface area contributed by atoms with Crippen molar-refractivity contribution in [3.05, 3.63) is 53.4 Å². The number of halogens is 2. The topological polar surface area (TPSA) is 34.1 Å². The number of hydrogen-bond donors (Lipinski definition) is 1. The molecule has 0 amide bonds. The summed E-state index contributed by atoms with van der Waals surface area (Å²) >= 11 is 0. The SMILES string of the molecule is Cc1cc(Oc2ccc(F)c(F)c2)c(CNC(C)C)cn1. The first-order valence-corrected chi connectivity index (χ1v) is 6.77. The summed E-state index contributed by atoms with van der Waals surface area (Å²) in [6, 6.07) is 5.57. The molecule has 0 spiro atoms. The fourth-order valence-electron chi connectivity index (χ4n) is 1.77. The summed E-state index contributed by atoms with van der Waals surface area (Å²) in [7, 11) is 0. The van der Waals surface area contributed by atoms with Crippen LogP contribution < -0.4 is 10.1 Å². The average Bonchev–Trinajstić information content (AvgIpc) is 2.42. The predicted molar refractivity (Wildman–Crippen MR) is 77.4 cm³/mol. The zero-order chi connectivity index (χ0) is 15.4. The largest absolute Gasteiger partial charge is 0.457 e. The van der Waals surface area contributed by atoms with Crippen molar-refractivity contribution in [2.75, 3.05) is 0 Å². The van der Waals surface area contributed by atoms with Gasteiger partial charge in [0.15, 0.2) is 11.6 Å². The molecule has 0 saturated carbocycles. The van der Waals surface area contributed by atoms with Gasteiger partial charge in [-0.1, -0.05) is 13.8 Å². The molecule has 3 nitrogen and oxygen atoms in total. The van der Waals surface area contributed by atoms with Crippen molar-refractivity contribution in [3.63, 3.8) is 0 Å². The quantitative estimate of drug-likeness (QED) is 0.905. The van der Waals surface area contributed by atoms with Gasteiger partial charge in [0.1, 0.15) is 11.5 Å². The van der Waals surface area contributed by atoms with Gasteiger partial charge >= 0.3 is 0 Å². The summed E-state index contributed by atoms with van der Waals surface area (Å²) in [5.74, 6) is -0.984. The fourth-order valence-corrected chi connectivity index (χ4v) is 1.77. The van der Waals surface area contributed by atoms with Gasteiger partial charge in [-0.15, -0.1) is 0 Å². The van der Waals surface area contributed by atoms with Gasteiger partial charge in [-0.2, -0.15) is 0 Å². The summed E-state index contributed by atoms with van der Waals surface area (Å²) in [5.41, 5.74) is 1.65. The van der Waals surface area contributed by atoms with Gasteiger partial charge in [0.05, 0.1) is 0 Å². The van der Waals surface area contributed by atoms with Crippen LogP contribution in [0.2, 0.25) is 0 Å². The molecular weight excluding hydrogens is 274 g/mol. The van der Waals surface area contributed by atoms with Gasteiger partial charge in [0.2, 0.25) is 0 Å². The molecule has 0 unspecified atom stereocenters. The van der Waals surface area contributed by atoms with Crippen LogP contribution in [0.3, 0.4) is 0 Å². The molecule has 0 atom stereocenters. The van der Waals surface area contributed by atoms with Crippen LogP contribution in [0.5, 0.6) is 11.5 Å². The van der Waals surface area contributed by atoms with Crippen LogP contribution in [0.4, 0.5) is 8.78 Å². The lowest BCUT2D eigenvalue weighted by Gasteiger charge is -2.14. The smallest absolute Gasteiger partial charge is 0.162 e. The van der Waals surface area contributed by atoms with Crippen molar-refractivity contribution in [1.82, 2.24) is 10.3 Å². The Morgan fingerprint density at radius 2 is 1.95 bits per heavy atom. The first-order chi connectivity index (χ1) is 9.95.